The summed E-state index contributed by atoms with van der Waals surface area (Å²) >= 11 is 0. The van der Waals surface area contributed by atoms with Crippen molar-refractivity contribution >= 4 is 0 Å². The Kier molecular flexibility index (Phi) is 5.29. The second-order valence-electron chi connectivity index (χ2n) is 4.06. The van der Waals surface area contributed by atoms with E-state index in [2.05, 4.69) is 31.3 Å². The van der Waals surface area contributed by atoms with Crippen molar-refractivity contribution in [3.63, 3.8) is 0 Å². The van der Waals surface area contributed by atoms with E-state index in [1.807, 2.05) is 6.07 Å². The van der Waals surface area contributed by atoms with Gasteiger partial charge in [-0.25, -0.2) is 0 Å². The minimum atomic E-state index is 0.293. The van der Waals surface area contributed by atoms with Gasteiger partial charge in [-0.15, -0.1) is 0 Å². The van der Waals surface area contributed by atoms with Crippen LogP contribution in [-0.2, 0) is 0 Å². The van der Waals surface area contributed by atoms with Crippen LogP contribution in [0.2, 0.25) is 0 Å². The van der Waals surface area contributed by atoms with Crippen molar-refractivity contribution < 1.29 is 4.74 Å². The maximum absolute atomic E-state index is 5.47. The molecule has 1 unspecified atom stereocenters. The lowest BCUT2D eigenvalue weighted by molar-refractivity contribution is 0.401. The molecular weight excluding hydrogens is 200 g/mol. The van der Waals surface area contributed by atoms with Gasteiger partial charge >= 0.3 is 0 Å². The normalized spacial score (nSPS) is 12.5. The highest BCUT2D eigenvalue weighted by Crippen LogP contribution is 2.25. The highest BCUT2D eigenvalue weighted by molar-refractivity contribution is 5.38. The van der Waals surface area contributed by atoms with Gasteiger partial charge in [-0.05, 0) is 39.4 Å². The van der Waals surface area contributed by atoms with Gasteiger partial charge in [-0.2, -0.15) is 0 Å². The molecule has 0 aliphatic rings. The lowest BCUT2D eigenvalue weighted by atomic mass is 10.0. The SMILES string of the molecule is COc1ccc(C)cc1C(C)NCCCN. The molecule has 0 fully saturated rings. The fourth-order valence-electron chi connectivity index (χ4n) is 1.72. The summed E-state index contributed by atoms with van der Waals surface area (Å²) in [6.45, 7) is 5.91. The van der Waals surface area contributed by atoms with Gasteiger partial charge in [-0.1, -0.05) is 17.7 Å². The van der Waals surface area contributed by atoms with Crippen LogP contribution in [0.5, 0.6) is 5.75 Å². The molecule has 0 saturated heterocycles. The lowest BCUT2D eigenvalue weighted by Gasteiger charge is -2.17. The molecule has 0 bridgehead atoms. The number of hydrogen-bond acceptors (Lipinski definition) is 3. The second-order valence-corrected chi connectivity index (χ2v) is 4.06. The summed E-state index contributed by atoms with van der Waals surface area (Å²) in [6.07, 6.45) is 0.998. The lowest BCUT2D eigenvalue weighted by Crippen LogP contribution is -2.22. The molecule has 3 N–H and O–H groups in total. The van der Waals surface area contributed by atoms with E-state index >= 15 is 0 Å². The number of nitrogens with one attached hydrogen (secondary N) is 1. The predicted octanol–water partition coefficient (Wildman–Crippen LogP) is 2.00. The Morgan fingerprint density at radius 3 is 2.81 bits per heavy atom. The third-order valence-electron chi connectivity index (χ3n) is 2.68. The standard InChI is InChI=1S/C13H22N2O/c1-10-5-6-13(16-3)12(9-10)11(2)15-8-4-7-14/h5-6,9,11,15H,4,7-8,14H2,1-3H3. The Balaban J connectivity index is 2.72. The molecule has 1 aromatic rings. The van der Waals surface area contributed by atoms with Crippen molar-refractivity contribution in [3.8, 4) is 5.75 Å². The molecule has 3 nitrogen and oxygen atoms in total. The van der Waals surface area contributed by atoms with Crippen LogP contribution in [-0.4, -0.2) is 20.2 Å². The molecule has 3 heteroatoms. The van der Waals surface area contributed by atoms with Gasteiger partial charge in [0.25, 0.3) is 0 Å². The van der Waals surface area contributed by atoms with E-state index in [4.69, 9.17) is 10.5 Å². The van der Waals surface area contributed by atoms with Crippen LogP contribution in [0, 0.1) is 6.92 Å². The topological polar surface area (TPSA) is 47.3 Å². The predicted molar refractivity (Wildman–Crippen MR) is 67.8 cm³/mol. The smallest absolute Gasteiger partial charge is 0.123 e. The van der Waals surface area contributed by atoms with Gasteiger partial charge in [0.05, 0.1) is 7.11 Å². The monoisotopic (exact) mass is 222 g/mol. The van der Waals surface area contributed by atoms with Gasteiger partial charge in [0, 0.05) is 11.6 Å². The van der Waals surface area contributed by atoms with E-state index < -0.39 is 0 Å². The minimum Gasteiger partial charge on any atom is -0.496 e. The first-order valence-corrected chi connectivity index (χ1v) is 5.77. The molecule has 0 saturated carbocycles. The van der Waals surface area contributed by atoms with Crippen molar-refractivity contribution in [1.29, 1.82) is 0 Å². The number of hydrogen-bond donors (Lipinski definition) is 2. The molecule has 16 heavy (non-hydrogen) atoms. The zero-order chi connectivity index (χ0) is 12.0. The third-order valence-corrected chi connectivity index (χ3v) is 2.68. The number of aryl methyl sites for hydroxylation is 1. The summed E-state index contributed by atoms with van der Waals surface area (Å²) in [7, 11) is 1.71. The molecule has 90 valence electrons. The zero-order valence-electron chi connectivity index (χ0n) is 10.4. The molecule has 0 aromatic heterocycles. The van der Waals surface area contributed by atoms with Crippen LogP contribution < -0.4 is 15.8 Å². The van der Waals surface area contributed by atoms with Crippen LogP contribution in [0.4, 0.5) is 0 Å². The van der Waals surface area contributed by atoms with E-state index in [1.54, 1.807) is 7.11 Å². The van der Waals surface area contributed by atoms with Crippen molar-refractivity contribution in [2.45, 2.75) is 26.3 Å². The maximum Gasteiger partial charge on any atom is 0.123 e. The van der Waals surface area contributed by atoms with Crippen molar-refractivity contribution in [2.24, 2.45) is 5.73 Å². The van der Waals surface area contributed by atoms with Gasteiger partial charge in [-0.3, -0.25) is 0 Å². The molecule has 0 aliphatic carbocycles. The van der Waals surface area contributed by atoms with Crippen LogP contribution >= 0.6 is 0 Å². The summed E-state index contributed by atoms with van der Waals surface area (Å²) in [4.78, 5) is 0. The Morgan fingerprint density at radius 2 is 2.19 bits per heavy atom. The average molecular weight is 222 g/mol. The van der Waals surface area contributed by atoms with Crippen molar-refractivity contribution in [3.05, 3.63) is 29.3 Å². The van der Waals surface area contributed by atoms with E-state index in [9.17, 15) is 0 Å². The van der Waals surface area contributed by atoms with Gasteiger partial charge in [0.15, 0.2) is 0 Å². The largest absolute Gasteiger partial charge is 0.496 e. The van der Waals surface area contributed by atoms with Crippen molar-refractivity contribution in [1.82, 2.24) is 5.32 Å². The quantitative estimate of drug-likeness (QED) is 0.724. The Bertz CT molecular complexity index is 326. The highest BCUT2D eigenvalue weighted by Gasteiger charge is 2.10. The van der Waals surface area contributed by atoms with E-state index in [-0.39, 0.29) is 0 Å². The summed E-state index contributed by atoms with van der Waals surface area (Å²) in [6, 6.07) is 6.54. The number of nitrogens with two attached hydrogens (primary N) is 1. The first-order chi connectivity index (χ1) is 7.69. The van der Waals surface area contributed by atoms with E-state index in [0.29, 0.717) is 6.04 Å². The third kappa shape index (κ3) is 3.51. The van der Waals surface area contributed by atoms with Gasteiger partial charge < -0.3 is 15.8 Å². The van der Waals surface area contributed by atoms with Gasteiger partial charge in [0.2, 0.25) is 0 Å². The average Bonchev–Trinajstić information content (AvgIpc) is 2.29. The molecule has 0 spiro atoms. The van der Waals surface area contributed by atoms with E-state index in [0.717, 1.165) is 25.3 Å². The number of ether oxygens (including phenoxy) is 1. The summed E-state index contributed by atoms with van der Waals surface area (Å²) in [5, 5.41) is 3.44. The molecule has 0 radical (unpaired) electrons. The first kappa shape index (κ1) is 13.0. The van der Waals surface area contributed by atoms with E-state index in [1.165, 1.54) is 11.1 Å². The summed E-state index contributed by atoms with van der Waals surface area (Å²) < 4.78 is 5.36. The molecule has 1 atom stereocenters. The van der Waals surface area contributed by atoms with Crippen LogP contribution in [0.15, 0.2) is 18.2 Å². The number of rotatable bonds is 6. The van der Waals surface area contributed by atoms with Gasteiger partial charge in [0.1, 0.15) is 5.75 Å². The fraction of sp³-hybridized carbons (Fsp3) is 0.538. The Hall–Kier alpha value is -1.06. The Morgan fingerprint density at radius 1 is 1.44 bits per heavy atom. The highest BCUT2D eigenvalue weighted by atomic mass is 16.5. The van der Waals surface area contributed by atoms with Crippen LogP contribution in [0.1, 0.15) is 30.5 Å². The van der Waals surface area contributed by atoms with Crippen molar-refractivity contribution in [2.75, 3.05) is 20.2 Å². The first-order valence-electron chi connectivity index (χ1n) is 5.77. The molecule has 0 aliphatic heterocycles. The molecule has 1 rings (SSSR count). The number of benzene rings is 1. The fourth-order valence-corrected chi connectivity index (χ4v) is 1.72. The number of methoxy groups -OCH3 is 1. The maximum atomic E-state index is 5.47. The summed E-state index contributed by atoms with van der Waals surface area (Å²) in [5.74, 6) is 0.943. The summed E-state index contributed by atoms with van der Waals surface area (Å²) in [5.41, 5.74) is 7.93. The minimum absolute atomic E-state index is 0.293. The van der Waals surface area contributed by atoms with Crippen LogP contribution in [0.3, 0.4) is 0 Å². The molecule has 0 amide bonds. The molecule has 0 heterocycles. The molecule has 1 aromatic carbocycles. The second kappa shape index (κ2) is 6.51. The van der Waals surface area contributed by atoms with Crippen LogP contribution in [0.25, 0.3) is 0 Å². The zero-order valence-corrected chi connectivity index (χ0v) is 10.4. The molecular formula is C13H22N2O. The Labute approximate surface area is 98.0 Å².